The van der Waals surface area contributed by atoms with E-state index in [1.54, 1.807) is 0 Å². The average molecular weight is 184 g/mol. The second-order valence-corrected chi connectivity index (χ2v) is 4.20. The molecule has 3 fully saturated rings. The number of piperazine rings is 1. The minimum atomic E-state index is 0.823. The van der Waals surface area contributed by atoms with Crippen LogP contribution in [0.4, 0.5) is 0 Å². The molecular formula is C10H20N2O. The normalized spacial score (nSPS) is 34.6. The fourth-order valence-corrected chi connectivity index (χ4v) is 2.58. The number of fused-ring (bicyclic) bond motifs is 2. The Balaban J connectivity index is 1.71. The van der Waals surface area contributed by atoms with Crippen LogP contribution in [-0.2, 0) is 4.74 Å². The van der Waals surface area contributed by atoms with Crippen LogP contribution in [0.5, 0.6) is 0 Å². The summed E-state index contributed by atoms with van der Waals surface area (Å²) in [6, 6.07) is 1.65. The lowest BCUT2D eigenvalue weighted by molar-refractivity contribution is -0.0722. The van der Waals surface area contributed by atoms with Crippen LogP contribution in [0, 0.1) is 0 Å². The van der Waals surface area contributed by atoms with Gasteiger partial charge in [0.15, 0.2) is 0 Å². The molecule has 2 unspecified atom stereocenters. The van der Waals surface area contributed by atoms with E-state index in [2.05, 4.69) is 23.8 Å². The van der Waals surface area contributed by atoms with Gasteiger partial charge in [0.2, 0.25) is 0 Å². The van der Waals surface area contributed by atoms with E-state index in [0.717, 1.165) is 31.8 Å². The molecule has 0 aromatic heterocycles. The second-order valence-electron chi connectivity index (χ2n) is 4.20. The van der Waals surface area contributed by atoms with Gasteiger partial charge in [0, 0.05) is 38.3 Å². The van der Waals surface area contributed by atoms with Gasteiger partial charge in [-0.1, -0.05) is 0 Å². The van der Waals surface area contributed by atoms with Crippen LogP contribution in [0.1, 0.15) is 13.3 Å². The minimum absolute atomic E-state index is 0.823. The quantitative estimate of drug-likeness (QED) is 0.589. The van der Waals surface area contributed by atoms with Crippen molar-refractivity contribution in [2.45, 2.75) is 25.4 Å². The molecule has 3 aliphatic heterocycles. The lowest BCUT2D eigenvalue weighted by atomic mass is 9.88. The molecule has 0 radical (unpaired) electrons. The molecule has 2 bridgehead atoms. The first-order valence-corrected chi connectivity index (χ1v) is 5.33. The molecule has 13 heavy (non-hydrogen) atoms. The Bertz CT molecular complexity index is 162. The standard InChI is InChI=1S/C10H20N2O/c1-3-13-5-4-12-9-6-10(12)8-11(2)7-9/h9-10H,3-8H2,1-2H3. The maximum Gasteiger partial charge on any atom is 0.0593 e. The number of hydrogen-bond donors (Lipinski definition) is 0. The van der Waals surface area contributed by atoms with Gasteiger partial charge in [0.25, 0.3) is 0 Å². The van der Waals surface area contributed by atoms with Crippen molar-refractivity contribution in [1.82, 2.24) is 9.80 Å². The highest BCUT2D eigenvalue weighted by atomic mass is 16.5. The molecule has 3 saturated heterocycles. The molecule has 3 heterocycles. The summed E-state index contributed by atoms with van der Waals surface area (Å²) in [5.41, 5.74) is 0. The van der Waals surface area contributed by atoms with Crippen LogP contribution in [0.25, 0.3) is 0 Å². The molecule has 2 atom stereocenters. The van der Waals surface area contributed by atoms with Crippen molar-refractivity contribution in [2.75, 3.05) is 39.9 Å². The van der Waals surface area contributed by atoms with E-state index in [1.807, 2.05) is 0 Å². The molecule has 0 amide bonds. The van der Waals surface area contributed by atoms with E-state index in [9.17, 15) is 0 Å². The van der Waals surface area contributed by atoms with Crippen molar-refractivity contribution in [3.05, 3.63) is 0 Å². The van der Waals surface area contributed by atoms with Gasteiger partial charge >= 0.3 is 0 Å². The summed E-state index contributed by atoms with van der Waals surface area (Å²) < 4.78 is 5.38. The van der Waals surface area contributed by atoms with Gasteiger partial charge in [-0.2, -0.15) is 0 Å². The van der Waals surface area contributed by atoms with Crippen molar-refractivity contribution in [2.24, 2.45) is 0 Å². The number of ether oxygens (including phenoxy) is 1. The van der Waals surface area contributed by atoms with Crippen LogP contribution >= 0.6 is 0 Å². The highest BCUT2D eigenvalue weighted by Gasteiger charge is 2.42. The number of nitrogens with zero attached hydrogens (tertiary/aromatic N) is 2. The third-order valence-electron chi connectivity index (χ3n) is 3.22. The third-order valence-corrected chi connectivity index (χ3v) is 3.22. The Morgan fingerprint density at radius 2 is 2.00 bits per heavy atom. The number of hydrogen-bond acceptors (Lipinski definition) is 3. The fourth-order valence-electron chi connectivity index (χ4n) is 2.58. The number of rotatable bonds is 4. The van der Waals surface area contributed by atoms with Crippen LogP contribution < -0.4 is 0 Å². The van der Waals surface area contributed by atoms with Crippen LogP contribution in [-0.4, -0.2) is 61.8 Å². The number of piperidine rings is 1. The van der Waals surface area contributed by atoms with Gasteiger partial charge in [-0.05, 0) is 20.4 Å². The average Bonchev–Trinajstić information content (AvgIpc) is 2.12. The van der Waals surface area contributed by atoms with E-state index < -0.39 is 0 Å². The monoisotopic (exact) mass is 184 g/mol. The van der Waals surface area contributed by atoms with Crippen LogP contribution in [0.15, 0.2) is 0 Å². The van der Waals surface area contributed by atoms with E-state index in [4.69, 9.17) is 4.74 Å². The number of likely N-dealkylation sites (N-methyl/N-ethyl adjacent to an activating group) is 1. The molecule has 0 aromatic rings. The molecule has 76 valence electrons. The van der Waals surface area contributed by atoms with Gasteiger partial charge in [-0.3, -0.25) is 4.90 Å². The van der Waals surface area contributed by atoms with E-state index in [1.165, 1.54) is 19.5 Å². The summed E-state index contributed by atoms with van der Waals surface area (Å²) in [6.45, 7) is 7.46. The summed E-state index contributed by atoms with van der Waals surface area (Å²) in [5, 5.41) is 0. The van der Waals surface area contributed by atoms with Gasteiger partial charge in [0.1, 0.15) is 0 Å². The smallest absolute Gasteiger partial charge is 0.0593 e. The van der Waals surface area contributed by atoms with Gasteiger partial charge in [0.05, 0.1) is 6.61 Å². The van der Waals surface area contributed by atoms with Crippen molar-refractivity contribution in [3.8, 4) is 0 Å². The topological polar surface area (TPSA) is 15.7 Å². The zero-order chi connectivity index (χ0) is 9.26. The first-order valence-electron chi connectivity index (χ1n) is 5.33. The van der Waals surface area contributed by atoms with E-state index >= 15 is 0 Å². The maximum absolute atomic E-state index is 5.38. The van der Waals surface area contributed by atoms with Crippen LogP contribution in [0.2, 0.25) is 0 Å². The van der Waals surface area contributed by atoms with Gasteiger partial charge < -0.3 is 9.64 Å². The summed E-state index contributed by atoms with van der Waals surface area (Å²) in [7, 11) is 2.22. The molecule has 3 aliphatic rings. The molecular weight excluding hydrogens is 164 g/mol. The van der Waals surface area contributed by atoms with Crippen molar-refractivity contribution < 1.29 is 4.74 Å². The third kappa shape index (κ3) is 1.87. The molecule has 0 spiro atoms. The summed E-state index contributed by atoms with van der Waals surface area (Å²) in [4.78, 5) is 5.05. The van der Waals surface area contributed by atoms with Crippen LogP contribution in [0.3, 0.4) is 0 Å². The molecule has 0 aromatic carbocycles. The zero-order valence-electron chi connectivity index (χ0n) is 8.70. The predicted octanol–water partition coefficient (Wildman–Crippen LogP) is 0.411. The second kappa shape index (κ2) is 3.95. The Morgan fingerprint density at radius 1 is 1.31 bits per heavy atom. The predicted molar refractivity (Wildman–Crippen MR) is 52.9 cm³/mol. The lowest BCUT2D eigenvalue weighted by Crippen LogP contribution is -2.68. The minimum Gasteiger partial charge on any atom is -0.380 e. The molecule has 0 saturated carbocycles. The van der Waals surface area contributed by atoms with Gasteiger partial charge in [-0.15, -0.1) is 0 Å². The fraction of sp³-hybridized carbons (Fsp3) is 1.00. The van der Waals surface area contributed by atoms with Crippen molar-refractivity contribution in [3.63, 3.8) is 0 Å². The summed E-state index contributed by atoms with van der Waals surface area (Å²) >= 11 is 0. The highest BCUT2D eigenvalue weighted by Crippen LogP contribution is 2.30. The molecule has 3 rings (SSSR count). The first-order chi connectivity index (χ1) is 6.31. The maximum atomic E-state index is 5.38. The molecule has 3 heteroatoms. The first kappa shape index (κ1) is 9.44. The zero-order valence-corrected chi connectivity index (χ0v) is 8.70. The van der Waals surface area contributed by atoms with Crippen molar-refractivity contribution in [1.29, 1.82) is 0 Å². The Hall–Kier alpha value is -0.120. The highest BCUT2D eigenvalue weighted by molar-refractivity contribution is 4.99. The Morgan fingerprint density at radius 3 is 2.62 bits per heavy atom. The largest absolute Gasteiger partial charge is 0.380 e. The molecule has 0 N–H and O–H groups in total. The van der Waals surface area contributed by atoms with Gasteiger partial charge in [-0.25, -0.2) is 0 Å². The van der Waals surface area contributed by atoms with E-state index in [0.29, 0.717) is 0 Å². The van der Waals surface area contributed by atoms with Crippen molar-refractivity contribution >= 4 is 0 Å². The Labute approximate surface area is 80.6 Å². The summed E-state index contributed by atoms with van der Waals surface area (Å²) in [5.74, 6) is 0. The molecule has 3 nitrogen and oxygen atoms in total. The summed E-state index contributed by atoms with van der Waals surface area (Å²) in [6.07, 6.45) is 1.41. The Kier molecular flexibility index (Phi) is 2.86. The van der Waals surface area contributed by atoms with E-state index in [-0.39, 0.29) is 0 Å². The SMILES string of the molecule is CCOCCN1C2CC1CN(C)C2. The molecule has 0 aliphatic carbocycles. The lowest BCUT2D eigenvalue weighted by Gasteiger charge is -2.55.